The van der Waals surface area contributed by atoms with Crippen molar-refractivity contribution < 1.29 is 0 Å². The number of nitriles is 1. The first-order valence-corrected chi connectivity index (χ1v) is 3.79. The van der Waals surface area contributed by atoms with Crippen LogP contribution in [0.15, 0.2) is 6.07 Å². The summed E-state index contributed by atoms with van der Waals surface area (Å²) in [4.78, 5) is 1.86. The van der Waals surface area contributed by atoms with Gasteiger partial charge in [0, 0.05) is 11.4 Å². The molecular weight excluding hydrogens is 180 g/mol. The molecule has 2 N–H and O–H groups in total. The van der Waals surface area contributed by atoms with Gasteiger partial charge in [-0.2, -0.15) is 5.26 Å². The Balaban J connectivity index is 0.000001000. The van der Waals surface area contributed by atoms with Crippen LogP contribution in [0.1, 0.15) is 15.3 Å². The average molecular weight is 189 g/mol. The number of hydrogen-bond acceptors (Lipinski definition) is 3. The maximum absolute atomic E-state index is 8.55. The standard InChI is InChI=1S/C7H8N2S.ClH/c1-5-2-6(3-8)10-7(5)4-9;/h2H,3,8H2,1H3;1H. The molecule has 0 spiro atoms. The van der Waals surface area contributed by atoms with E-state index in [0.29, 0.717) is 6.54 Å². The van der Waals surface area contributed by atoms with Gasteiger partial charge in [-0.25, -0.2) is 0 Å². The van der Waals surface area contributed by atoms with Crippen LogP contribution >= 0.6 is 23.7 Å². The average Bonchev–Trinajstić information content (AvgIpc) is 2.30. The van der Waals surface area contributed by atoms with E-state index in [9.17, 15) is 0 Å². The minimum Gasteiger partial charge on any atom is -0.326 e. The zero-order valence-electron chi connectivity index (χ0n) is 6.13. The van der Waals surface area contributed by atoms with Crippen molar-refractivity contribution >= 4 is 23.7 Å². The van der Waals surface area contributed by atoms with Crippen molar-refractivity contribution in [2.24, 2.45) is 5.73 Å². The molecule has 0 aliphatic rings. The van der Waals surface area contributed by atoms with Crippen molar-refractivity contribution in [1.82, 2.24) is 0 Å². The van der Waals surface area contributed by atoms with E-state index in [1.807, 2.05) is 13.0 Å². The van der Waals surface area contributed by atoms with Gasteiger partial charge in [-0.3, -0.25) is 0 Å². The molecule has 0 unspecified atom stereocenters. The normalized spacial score (nSPS) is 8.45. The molecule has 0 saturated carbocycles. The quantitative estimate of drug-likeness (QED) is 0.731. The fraction of sp³-hybridized carbons (Fsp3) is 0.286. The number of nitrogens with zero attached hydrogens (tertiary/aromatic N) is 1. The summed E-state index contributed by atoms with van der Waals surface area (Å²) in [6.45, 7) is 2.46. The van der Waals surface area contributed by atoms with Crippen LogP contribution in [0.4, 0.5) is 0 Å². The Kier molecular flexibility index (Phi) is 4.12. The van der Waals surface area contributed by atoms with Gasteiger partial charge in [-0.1, -0.05) is 0 Å². The Bertz CT molecular complexity index is 274. The molecule has 0 saturated heterocycles. The van der Waals surface area contributed by atoms with E-state index in [1.165, 1.54) is 11.3 Å². The first kappa shape index (κ1) is 10.4. The third kappa shape index (κ3) is 2.19. The molecule has 0 bridgehead atoms. The Morgan fingerprint density at radius 3 is 2.64 bits per heavy atom. The van der Waals surface area contributed by atoms with Crippen LogP contribution in [0.3, 0.4) is 0 Å². The van der Waals surface area contributed by atoms with Gasteiger partial charge in [-0.15, -0.1) is 23.7 Å². The van der Waals surface area contributed by atoms with E-state index in [-0.39, 0.29) is 12.4 Å². The van der Waals surface area contributed by atoms with Crippen LogP contribution in [0.25, 0.3) is 0 Å². The third-order valence-corrected chi connectivity index (χ3v) is 2.44. The summed E-state index contributed by atoms with van der Waals surface area (Å²) in [6, 6.07) is 4.07. The molecule has 1 heterocycles. The molecule has 4 heteroatoms. The maximum atomic E-state index is 8.55. The van der Waals surface area contributed by atoms with E-state index < -0.39 is 0 Å². The number of thiophene rings is 1. The highest BCUT2D eigenvalue weighted by Gasteiger charge is 2.01. The maximum Gasteiger partial charge on any atom is 0.110 e. The smallest absolute Gasteiger partial charge is 0.110 e. The Morgan fingerprint density at radius 1 is 1.73 bits per heavy atom. The van der Waals surface area contributed by atoms with Crippen molar-refractivity contribution in [1.29, 1.82) is 5.26 Å². The molecule has 0 aliphatic carbocycles. The fourth-order valence-corrected chi connectivity index (χ4v) is 1.61. The van der Waals surface area contributed by atoms with Crippen LogP contribution in [0.2, 0.25) is 0 Å². The molecule has 60 valence electrons. The highest BCUT2D eigenvalue weighted by atomic mass is 35.5. The van der Waals surface area contributed by atoms with Crippen LogP contribution in [-0.4, -0.2) is 0 Å². The lowest BCUT2D eigenvalue weighted by molar-refractivity contribution is 1.10. The van der Waals surface area contributed by atoms with Crippen molar-refractivity contribution in [3.8, 4) is 6.07 Å². The second-order valence-electron chi connectivity index (χ2n) is 2.04. The van der Waals surface area contributed by atoms with Crippen LogP contribution < -0.4 is 5.73 Å². The molecule has 11 heavy (non-hydrogen) atoms. The predicted octanol–water partition coefficient (Wildman–Crippen LogP) is 1.81. The van der Waals surface area contributed by atoms with Gasteiger partial charge < -0.3 is 5.73 Å². The van der Waals surface area contributed by atoms with E-state index in [0.717, 1.165) is 15.3 Å². The number of hydrogen-bond donors (Lipinski definition) is 1. The molecule has 2 nitrogen and oxygen atoms in total. The zero-order chi connectivity index (χ0) is 7.56. The predicted molar refractivity (Wildman–Crippen MR) is 48.9 cm³/mol. The van der Waals surface area contributed by atoms with Crippen molar-refractivity contribution in [2.45, 2.75) is 13.5 Å². The Morgan fingerprint density at radius 2 is 2.36 bits per heavy atom. The lowest BCUT2D eigenvalue weighted by atomic mass is 10.3. The topological polar surface area (TPSA) is 49.8 Å². The summed E-state index contributed by atoms with van der Waals surface area (Å²) < 4.78 is 0. The number of rotatable bonds is 1. The highest BCUT2D eigenvalue weighted by Crippen LogP contribution is 2.19. The molecular formula is C7H9ClN2S. The Hall–Kier alpha value is -0.560. The lowest BCUT2D eigenvalue weighted by Gasteiger charge is -1.80. The summed E-state index contributed by atoms with van der Waals surface area (Å²) in [7, 11) is 0. The SMILES string of the molecule is Cc1cc(CN)sc1C#N.Cl. The van der Waals surface area contributed by atoms with Crippen molar-refractivity contribution in [3.63, 3.8) is 0 Å². The summed E-state index contributed by atoms with van der Waals surface area (Å²) in [5.41, 5.74) is 6.42. The second kappa shape index (κ2) is 4.35. The number of nitrogens with two attached hydrogens (primary N) is 1. The van der Waals surface area contributed by atoms with Crippen LogP contribution in [-0.2, 0) is 6.54 Å². The summed E-state index contributed by atoms with van der Waals surface area (Å²) in [6.07, 6.45) is 0. The van der Waals surface area contributed by atoms with E-state index in [2.05, 4.69) is 6.07 Å². The van der Waals surface area contributed by atoms with Gasteiger partial charge in [0.15, 0.2) is 0 Å². The van der Waals surface area contributed by atoms with Gasteiger partial charge in [0.1, 0.15) is 10.9 Å². The van der Waals surface area contributed by atoms with Gasteiger partial charge in [0.2, 0.25) is 0 Å². The molecule has 1 rings (SSSR count). The molecule has 0 aliphatic heterocycles. The minimum absolute atomic E-state index is 0. The lowest BCUT2D eigenvalue weighted by Crippen LogP contribution is -1.91. The Labute approximate surface area is 76.1 Å². The molecule has 0 fully saturated rings. The number of aryl methyl sites for hydroxylation is 1. The fourth-order valence-electron chi connectivity index (χ4n) is 0.760. The third-order valence-electron chi connectivity index (χ3n) is 1.27. The van der Waals surface area contributed by atoms with Crippen LogP contribution in [0.5, 0.6) is 0 Å². The van der Waals surface area contributed by atoms with Crippen LogP contribution in [0, 0.1) is 18.3 Å². The first-order valence-electron chi connectivity index (χ1n) is 2.97. The number of halogens is 1. The van der Waals surface area contributed by atoms with Crippen molar-refractivity contribution in [3.05, 3.63) is 21.4 Å². The van der Waals surface area contributed by atoms with E-state index >= 15 is 0 Å². The van der Waals surface area contributed by atoms with Gasteiger partial charge in [-0.05, 0) is 18.6 Å². The van der Waals surface area contributed by atoms with Gasteiger partial charge in [0.05, 0.1) is 0 Å². The van der Waals surface area contributed by atoms with Gasteiger partial charge >= 0.3 is 0 Å². The van der Waals surface area contributed by atoms with Gasteiger partial charge in [0.25, 0.3) is 0 Å². The minimum atomic E-state index is 0. The highest BCUT2D eigenvalue weighted by molar-refractivity contribution is 7.12. The monoisotopic (exact) mass is 188 g/mol. The largest absolute Gasteiger partial charge is 0.326 e. The zero-order valence-corrected chi connectivity index (χ0v) is 7.76. The van der Waals surface area contributed by atoms with E-state index in [1.54, 1.807) is 0 Å². The molecule has 1 aromatic heterocycles. The molecule has 0 aromatic carbocycles. The molecule has 1 aromatic rings. The van der Waals surface area contributed by atoms with Crippen molar-refractivity contribution in [2.75, 3.05) is 0 Å². The summed E-state index contributed by atoms with van der Waals surface area (Å²) >= 11 is 1.47. The summed E-state index contributed by atoms with van der Waals surface area (Å²) in [5.74, 6) is 0. The second-order valence-corrected chi connectivity index (χ2v) is 3.18. The first-order chi connectivity index (χ1) is 4.77. The summed E-state index contributed by atoms with van der Waals surface area (Å²) in [5, 5.41) is 8.55. The molecule has 0 amide bonds. The van der Waals surface area contributed by atoms with E-state index in [4.69, 9.17) is 11.0 Å². The molecule has 0 radical (unpaired) electrons. The molecule has 0 atom stereocenters.